The van der Waals surface area contributed by atoms with E-state index in [1.165, 1.54) is 11.4 Å². The highest BCUT2D eigenvalue weighted by Crippen LogP contribution is 2.35. The number of nitrogens with two attached hydrogens (primary N) is 1. The molecular weight excluding hydrogens is 574 g/mol. The number of nitrogens with zero attached hydrogens (tertiary/aromatic N) is 2. The molecule has 3 atom stereocenters. The molecule has 0 aliphatic carbocycles. The second kappa shape index (κ2) is 15.2. The van der Waals surface area contributed by atoms with Gasteiger partial charge in [-0.05, 0) is 44.0 Å². The number of amides is 3. The zero-order chi connectivity index (χ0) is 31.7. The third kappa shape index (κ3) is 9.40. The Balaban J connectivity index is 1.68. The average molecular weight is 618 g/mol. The van der Waals surface area contributed by atoms with E-state index in [-0.39, 0.29) is 61.1 Å². The number of likely N-dealkylation sites (N-methyl/N-ethyl adjacent to an activating group) is 1. The summed E-state index contributed by atoms with van der Waals surface area (Å²) in [7, 11) is -2.05. The number of unbranched alkanes of at least 4 members (excludes halogenated alkanes) is 2. The fraction of sp³-hybridized carbons (Fsp3) is 0.500. The molecule has 1 heterocycles. The van der Waals surface area contributed by atoms with Crippen molar-refractivity contribution in [3.05, 3.63) is 48.0 Å². The quantitative estimate of drug-likeness (QED) is 0.196. The van der Waals surface area contributed by atoms with Crippen molar-refractivity contribution in [1.82, 2.24) is 9.21 Å². The van der Waals surface area contributed by atoms with E-state index in [9.17, 15) is 27.9 Å². The SMILES string of the molecule is C[C@@H]1CN([C@H](C)CO)C(=O)c2cccc(NC(=O)CCCCCC(=O)Nc3ccccc3N)c2O[C@@H]1CN(C)S(C)(=O)=O. The molecule has 0 unspecified atom stereocenters. The Hall–Kier alpha value is -3.68. The number of aliphatic hydroxyl groups excluding tert-OH is 1. The number of rotatable bonds is 13. The number of sulfonamides is 1. The van der Waals surface area contributed by atoms with E-state index in [0.717, 1.165) is 6.26 Å². The van der Waals surface area contributed by atoms with Crippen LogP contribution in [-0.4, -0.2) is 85.6 Å². The van der Waals surface area contributed by atoms with Gasteiger partial charge in [-0.3, -0.25) is 14.4 Å². The number of aliphatic hydroxyl groups is 1. The van der Waals surface area contributed by atoms with E-state index in [1.54, 1.807) is 54.3 Å². The topological polar surface area (TPSA) is 171 Å². The van der Waals surface area contributed by atoms with Gasteiger partial charge in [0.25, 0.3) is 5.91 Å². The van der Waals surface area contributed by atoms with E-state index < -0.39 is 22.2 Å². The smallest absolute Gasteiger partial charge is 0.258 e. The maximum atomic E-state index is 13.6. The monoisotopic (exact) mass is 617 g/mol. The molecule has 3 rings (SSSR count). The molecule has 12 nitrogen and oxygen atoms in total. The van der Waals surface area contributed by atoms with Crippen LogP contribution in [0.5, 0.6) is 5.75 Å². The van der Waals surface area contributed by atoms with Crippen LogP contribution in [0.2, 0.25) is 0 Å². The first-order valence-electron chi connectivity index (χ1n) is 14.4. The summed E-state index contributed by atoms with van der Waals surface area (Å²) >= 11 is 0. The number of carbonyl (C=O) groups excluding carboxylic acids is 3. The van der Waals surface area contributed by atoms with Crippen molar-refractivity contribution in [3.63, 3.8) is 0 Å². The molecule has 5 N–H and O–H groups in total. The Morgan fingerprint density at radius 3 is 2.28 bits per heavy atom. The average Bonchev–Trinajstić information content (AvgIpc) is 2.95. The van der Waals surface area contributed by atoms with Crippen LogP contribution in [0.4, 0.5) is 17.1 Å². The van der Waals surface area contributed by atoms with E-state index in [2.05, 4.69) is 10.6 Å². The molecule has 2 aromatic rings. The van der Waals surface area contributed by atoms with Crippen LogP contribution >= 0.6 is 0 Å². The van der Waals surface area contributed by atoms with Gasteiger partial charge < -0.3 is 31.1 Å². The van der Waals surface area contributed by atoms with E-state index in [0.29, 0.717) is 42.7 Å². The highest BCUT2D eigenvalue weighted by atomic mass is 32.2. The molecule has 13 heteroatoms. The summed E-state index contributed by atoms with van der Waals surface area (Å²) in [5.74, 6) is -0.931. The number of fused-ring (bicyclic) bond motifs is 1. The van der Waals surface area contributed by atoms with Gasteiger partial charge in [0.05, 0.1) is 48.1 Å². The van der Waals surface area contributed by atoms with Gasteiger partial charge in [0, 0.05) is 32.4 Å². The second-order valence-electron chi connectivity index (χ2n) is 11.1. The molecule has 0 saturated heterocycles. The highest BCUT2D eigenvalue weighted by molar-refractivity contribution is 7.88. The van der Waals surface area contributed by atoms with Crippen LogP contribution in [0, 0.1) is 5.92 Å². The fourth-order valence-electron chi connectivity index (χ4n) is 4.73. The molecule has 0 radical (unpaired) electrons. The third-order valence-corrected chi connectivity index (χ3v) is 8.79. The molecule has 0 aromatic heterocycles. The first-order valence-corrected chi connectivity index (χ1v) is 16.2. The Labute approximate surface area is 253 Å². The van der Waals surface area contributed by atoms with Crippen LogP contribution in [0.1, 0.15) is 56.3 Å². The number of benzene rings is 2. The summed E-state index contributed by atoms with van der Waals surface area (Å²) in [5.41, 5.74) is 7.43. The van der Waals surface area contributed by atoms with Crippen molar-refractivity contribution in [2.75, 3.05) is 49.4 Å². The third-order valence-electron chi connectivity index (χ3n) is 7.51. The Bertz CT molecular complexity index is 1400. The lowest BCUT2D eigenvalue weighted by molar-refractivity contribution is -0.116. The van der Waals surface area contributed by atoms with Gasteiger partial charge in [0.1, 0.15) is 6.10 Å². The zero-order valence-electron chi connectivity index (χ0n) is 25.2. The predicted octanol–water partition coefficient (Wildman–Crippen LogP) is 2.91. The maximum absolute atomic E-state index is 13.6. The molecule has 236 valence electrons. The minimum atomic E-state index is -3.50. The molecule has 1 aliphatic heterocycles. The number of hydrogen-bond acceptors (Lipinski definition) is 8. The molecule has 0 spiro atoms. The number of nitrogen functional groups attached to an aromatic ring is 1. The summed E-state index contributed by atoms with van der Waals surface area (Å²) in [6, 6.07) is 11.4. The van der Waals surface area contributed by atoms with Crippen molar-refractivity contribution in [2.24, 2.45) is 5.92 Å². The minimum absolute atomic E-state index is 0.0295. The van der Waals surface area contributed by atoms with E-state index >= 15 is 0 Å². The number of carbonyl (C=O) groups is 3. The van der Waals surface area contributed by atoms with Gasteiger partial charge in [0.2, 0.25) is 21.8 Å². The van der Waals surface area contributed by atoms with Crippen molar-refractivity contribution < 1.29 is 32.6 Å². The Kier molecular flexibility index (Phi) is 11.9. The standard InChI is InChI=1S/C30H43N5O7S/c1-20-17-35(21(2)19-36)30(39)22-11-10-14-25(29(22)42-26(20)18-34(3)43(4,40)41)33-28(38)16-7-5-6-15-27(37)32-24-13-9-8-12-23(24)31/h8-14,20-21,26,36H,5-7,15-19,31H2,1-4H3,(H,32,37)(H,33,38)/t20-,21-,26-/m1/s1. The highest BCUT2D eigenvalue weighted by Gasteiger charge is 2.35. The number of nitrogens with one attached hydrogen (secondary N) is 2. The molecule has 1 aliphatic rings. The normalized spacial score (nSPS) is 17.8. The summed E-state index contributed by atoms with van der Waals surface area (Å²) in [6.07, 6.45) is 2.74. The number of anilines is 3. The predicted molar refractivity (Wildman–Crippen MR) is 166 cm³/mol. The number of hydrogen-bond donors (Lipinski definition) is 4. The second-order valence-corrected chi connectivity index (χ2v) is 13.2. The minimum Gasteiger partial charge on any atom is -0.486 e. The van der Waals surface area contributed by atoms with Crippen molar-refractivity contribution in [1.29, 1.82) is 0 Å². The van der Waals surface area contributed by atoms with Gasteiger partial charge in [-0.15, -0.1) is 0 Å². The fourth-order valence-corrected chi connectivity index (χ4v) is 5.15. The van der Waals surface area contributed by atoms with Gasteiger partial charge in [-0.2, -0.15) is 0 Å². The van der Waals surface area contributed by atoms with Crippen molar-refractivity contribution >= 4 is 44.8 Å². The first kappa shape index (κ1) is 33.8. The maximum Gasteiger partial charge on any atom is 0.258 e. The van der Waals surface area contributed by atoms with Gasteiger partial charge in [0.15, 0.2) is 5.75 Å². The van der Waals surface area contributed by atoms with Crippen LogP contribution in [0.15, 0.2) is 42.5 Å². The molecular formula is C30H43N5O7S. The Morgan fingerprint density at radius 1 is 1.07 bits per heavy atom. The van der Waals surface area contributed by atoms with Gasteiger partial charge in [-0.25, -0.2) is 12.7 Å². The lowest BCUT2D eigenvalue weighted by Gasteiger charge is -2.38. The van der Waals surface area contributed by atoms with E-state index in [4.69, 9.17) is 10.5 Å². The molecule has 0 saturated carbocycles. The lowest BCUT2D eigenvalue weighted by atomic mass is 9.99. The van der Waals surface area contributed by atoms with Crippen LogP contribution < -0.4 is 21.1 Å². The van der Waals surface area contributed by atoms with E-state index in [1.807, 2.05) is 6.92 Å². The summed E-state index contributed by atoms with van der Waals surface area (Å²) in [5, 5.41) is 15.5. The Morgan fingerprint density at radius 2 is 1.67 bits per heavy atom. The first-order chi connectivity index (χ1) is 20.3. The zero-order valence-corrected chi connectivity index (χ0v) is 26.0. The summed E-state index contributed by atoms with van der Waals surface area (Å²) < 4.78 is 31.8. The van der Waals surface area contributed by atoms with Crippen LogP contribution in [0.3, 0.4) is 0 Å². The summed E-state index contributed by atoms with van der Waals surface area (Å²) in [6.45, 7) is 3.61. The van der Waals surface area contributed by atoms with Crippen LogP contribution in [-0.2, 0) is 19.6 Å². The molecule has 2 aromatic carbocycles. The number of para-hydroxylation sites is 3. The lowest BCUT2D eigenvalue weighted by Crippen LogP contribution is -2.50. The van der Waals surface area contributed by atoms with Gasteiger partial charge in [-0.1, -0.05) is 31.5 Å². The molecule has 0 bridgehead atoms. The molecule has 43 heavy (non-hydrogen) atoms. The van der Waals surface area contributed by atoms with Crippen molar-refractivity contribution in [3.8, 4) is 5.75 Å². The molecule has 0 fully saturated rings. The largest absolute Gasteiger partial charge is 0.486 e. The molecule has 3 amide bonds. The van der Waals surface area contributed by atoms with Gasteiger partial charge >= 0.3 is 0 Å². The summed E-state index contributed by atoms with van der Waals surface area (Å²) in [4.78, 5) is 40.3. The van der Waals surface area contributed by atoms with Crippen LogP contribution in [0.25, 0.3) is 0 Å². The van der Waals surface area contributed by atoms with Crippen molar-refractivity contribution in [2.45, 2.75) is 58.1 Å². The number of ether oxygens (including phenoxy) is 1.